The van der Waals surface area contributed by atoms with Gasteiger partial charge in [0.2, 0.25) is 0 Å². The Hall–Kier alpha value is -1.58. The van der Waals surface area contributed by atoms with Crippen LogP contribution < -0.4 is 4.90 Å². The van der Waals surface area contributed by atoms with E-state index in [2.05, 4.69) is 30.7 Å². The first kappa shape index (κ1) is 17.5. The summed E-state index contributed by atoms with van der Waals surface area (Å²) in [5, 5.41) is 0. The Bertz CT molecular complexity index is 428. The standard InChI is InChI=1S/C17H29N3O/c1-5-8-13-19(4)17(21)16-14-15(9-10-18-16)20(11-6-2)12-7-3/h9-10,14H,5-8,11-13H2,1-4H3. The van der Waals surface area contributed by atoms with Gasteiger partial charge >= 0.3 is 0 Å². The molecule has 0 bridgehead atoms. The van der Waals surface area contributed by atoms with Crippen LogP contribution in [0.25, 0.3) is 0 Å². The third-order valence-electron chi connectivity index (χ3n) is 3.51. The van der Waals surface area contributed by atoms with Crippen molar-refractivity contribution in [2.24, 2.45) is 0 Å². The van der Waals surface area contributed by atoms with E-state index in [0.717, 1.165) is 51.0 Å². The second kappa shape index (κ2) is 9.37. The maximum atomic E-state index is 12.4. The summed E-state index contributed by atoms with van der Waals surface area (Å²) in [5.74, 6) is 0.0123. The highest BCUT2D eigenvalue weighted by molar-refractivity contribution is 5.93. The highest BCUT2D eigenvalue weighted by Gasteiger charge is 2.14. The predicted molar refractivity (Wildman–Crippen MR) is 88.9 cm³/mol. The molecule has 0 aliphatic carbocycles. The van der Waals surface area contributed by atoms with Gasteiger partial charge in [-0.25, -0.2) is 0 Å². The van der Waals surface area contributed by atoms with E-state index < -0.39 is 0 Å². The highest BCUT2D eigenvalue weighted by Crippen LogP contribution is 2.16. The number of nitrogens with zero attached hydrogens (tertiary/aromatic N) is 3. The number of hydrogen-bond acceptors (Lipinski definition) is 3. The Morgan fingerprint density at radius 1 is 1.10 bits per heavy atom. The molecule has 0 aromatic carbocycles. The fraction of sp³-hybridized carbons (Fsp3) is 0.647. The molecule has 118 valence electrons. The van der Waals surface area contributed by atoms with Crippen LogP contribution >= 0.6 is 0 Å². The first-order valence-electron chi connectivity index (χ1n) is 8.10. The van der Waals surface area contributed by atoms with Gasteiger partial charge in [-0.3, -0.25) is 9.78 Å². The molecule has 0 aliphatic rings. The zero-order valence-electron chi connectivity index (χ0n) is 13.9. The van der Waals surface area contributed by atoms with Gasteiger partial charge in [-0.1, -0.05) is 27.2 Å². The van der Waals surface area contributed by atoms with Crippen molar-refractivity contribution in [3.8, 4) is 0 Å². The molecule has 0 unspecified atom stereocenters. The number of carbonyl (C=O) groups is 1. The molecule has 21 heavy (non-hydrogen) atoms. The third-order valence-corrected chi connectivity index (χ3v) is 3.51. The molecular weight excluding hydrogens is 262 g/mol. The number of carbonyl (C=O) groups excluding carboxylic acids is 1. The summed E-state index contributed by atoms with van der Waals surface area (Å²) in [6.45, 7) is 9.29. The first-order chi connectivity index (χ1) is 10.1. The van der Waals surface area contributed by atoms with Gasteiger partial charge in [0.1, 0.15) is 5.69 Å². The van der Waals surface area contributed by atoms with Gasteiger partial charge in [0.15, 0.2) is 0 Å². The molecule has 0 spiro atoms. The van der Waals surface area contributed by atoms with E-state index in [1.807, 2.05) is 19.2 Å². The van der Waals surface area contributed by atoms with E-state index in [9.17, 15) is 4.79 Å². The smallest absolute Gasteiger partial charge is 0.272 e. The van der Waals surface area contributed by atoms with Crippen LogP contribution in [0.4, 0.5) is 5.69 Å². The van der Waals surface area contributed by atoms with E-state index >= 15 is 0 Å². The van der Waals surface area contributed by atoms with E-state index in [1.54, 1.807) is 11.1 Å². The average Bonchev–Trinajstić information content (AvgIpc) is 2.51. The topological polar surface area (TPSA) is 36.4 Å². The number of hydrogen-bond donors (Lipinski definition) is 0. The molecule has 1 aromatic heterocycles. The van der Waals surface area contributed by atoms with Crippen LogP contribution in [0.2, 0.25) is 0 Å². The van der Waals surface area contributed by atoms with E-state index in [0.29, 0.717) is 5.69 Å². The van der Waals surface area contributed by atoms with Gasteiger partial charge in [-0.05, 0) is 31.4 Å². The average molecular weight is 291 g/mol. The molecule has 0 N–H and O–H groups in total. The highest BCUT2D eigenvalue weighted by atomic mass is 16.2. The normalized spacial score (nSPS) is 10.5. The van der Waals surface area contributed by atoms with E-state index in [1.165, 1.54) is 0 Å². The molecule has 0 aliphatic heterocycles. The molecule has 0 atom stereocenters. The SMILES string of the molecule is CCCCN(C)C(=O)c1cc(N(CCC)CCC)ccn1. The monoisotopic (exact) mass is 291 g/mol. The summed E-state index contributed by atoms with van der Waals surface area (Å²) in [7, 11) is 1.85. The Morgan fingerprint density at radius 3 is 2.33 bits per heavy atom. The molecular formula is C17H29N3O. The molecule has 0 radical (unpaired) electrons. The summed E-state index contributed by atoms with van der Waals surface area (Å²) in [4.78, 5) is 20.7. The van der Waals surface area contributed by atoms with Crippen LogP contribution in [0.15, 0.2) is 18.3 Å². The maximum Gasteiger partial charge on any atom is 0.272 e. The zero-order valence-corrected chi connectivity index (χ0v) is 13.9. The Morgan fingerprint density at radius 2 is 1.76 bits per heavy atom. The Labute approximate surface area is 129 Å². The number of pyridine rings is 1. The van der Waals surface area contributed by atoms with Gasteiger partial charge in [-0.15, -0.1) is 0 Å². The number of anilines is 1. The van der Waals surface area contributed by atoms with Crippen LogP contribution in [-0.4, -0.2) is 42.5 Å². The lowest BCUT2D eigenvalue weighted by Crippen LogP contribution is -2.29. The summed E-state index contributed by atoms with van der Waals surface area (Å²) < 4.78 is 0. The molecule has 1 heterocycles. The van der Waals surface area contributed by atoms with Crippen molar-refractivity contribution in [2.45, 2.75) is 46.5 Å². The van der Waals surface area contributed by atoms with Crippen molar-refractivity contribution in [1.29, 1.82) is 0 Å². The largest absolute Gasteiger partial charge is 0.371 e. The molecule has 0 saturated carbocycles. The Balaban J connectivity index is 2.85. The van der Waals surface area contributed by atoms with Gasteiger partial charge in [0.25, 0.3) is 5.91 Å². The quantitative estimate of drug-likeness (QED) is 0.698. The minimum atomic E-state index is 0.0123. The van der Waals surface area contributed by atoms with Crippen molar-refractivity contribution < 1.29 is 4.79 Å². The molecule has 1 rings (SSSR count). The maximum absolute atomic E-state index is 12.4. The minimum Gasteiger partial charge on any atom is -0.371 e. The van der Waals surface area contributed by atoms with E-state index in [4.69, 9.17) is 0 Å². The lowest BCUT2D eigenvalue weighted by Gasteiger charge is -2.24. The fourth-order valence-electron chi connectivity index (χ4n) is 2.34. The van der Waals surface area contributed by atoms with Crippen molar-refractivity contribution >= 4 is 11.6 Å². The zero-order chi connectivity index (χ0) is 15.7. The molecule has 0 saturated heterocycles. The van der Waals surface area contributed by atoms with Gasteiger partial charge in [-0.2, -0.15) is 0 Å². The van der Waals surface area contributed by atoms with Gasteiger partial charge in [0, 0.05) is 38.6 Å². The molecule has 1 aromatic rings. The lowest BCUT2D eigenvalue weighted by atomic mass is 10.2. The van der Waals surface area contributed by atoms with Crippen molar-refractivity contribution in [2.75, 3.05) is 31.6 Å². The molecule has 4 nitrogen and oxygen atoms in total. The first-order valence-corrected chi connectivity index (χ1v) is 8.10. The van der Waals surface area contributed by atoms with Crippen molar-refractivity contribution in [1.82, 2.24) is 9.88 Å². The molecule has 4 heteroatoms. The van der Waals surface area contributed by atoms with Crippen LogP contribution in [0.3, 0.4) is 0 Å². The van der Waals surface area contributed by atoms with Crippen LogP contribution in [-0.2, 0) is 0 Å². The third kappa shape index (κ3) is 5.37. The van der Waals surface area contributed by atoms with Crippen molar-refractivity contribution in [3.63, 3.8) is 0 Å². The predicted octanol–water partition coefficient (Wildman–Crippen LogP) is 3.58. The number of aromatic nitrogens is 1. The number of unbranched alkanes of at least 4 members (excludes halogenated alkanes) is 1. The molecule has 0 fully saturated rings. The van der Waals surface area contributed by atoms with Crippen LogP contribution in [0.1, 0.15) is 56.9 Å². The second-order valence-corrected chi connectivity index (χ2v) is 5.47. The Kier molecular flexibility index (Phi) is 7.80. The number of amides is 1. The molecule has 1 amide bonds. The van der Waals surface area contributed by atoms with E-state index in [-0.39, 0.29) is 5.91 Å². The lowest BCUT2D eigenvalue weighted by molar-refractivity contribution is 0.0787. The fourth-order valence-corrected chi connectivity index (χ4v) is 2.34. The van der Waals surface area contributed by atoms with Crippen LogP contribution in [0, 0.1) is 0 Å². The van der Waals surface area contributed by atoms with Gasteiger partial charge < -0.3 is 9.80 Å². The summed E-state index contributed by atoms with van der Waals surface area (Å²) in [5.41, 5.74) is 1.64. The summed E-state index contributed by atoms with van der Waals surface area (Å²) >= 11 is 0. The summed E-state index contributed by atoms with van der Waals surface area (Å²) in [6.07, 6.45) is 6.06. The van der Waals surface area contributed by atoms with Gasteiger partial charge in [0.05, 0.1) is 0 Å². The summed E-state index contributed by atoms with van der Waals surface area (Å²) in [6, 6.07) is 3.92. The minimum absolute atomic E-state index is 0.0123. The number of rotatable bonds is 9. The second-order valence-electron chi connectivity index (χ2n) is 5.47. The van der Waals surface area contributed by atoms with Crippen molar-refractivity contribution in [3.05, 3.63) is 24.0 Å². The van der Waals surface area contributed by atoms with Crippen LogP contribution in [0.5, 0.6) is 0 Å².